The van der Waals surface area contributed by atoms with Gasteiger partial charge in [-0.1, -0.05) is 47.5 Å². The van der Waals surface area contributed by atoms with Crippen LogP contribution in [0.4, 0.5) is 0 Å². The molecule has 192 valence electrons. The van der Waals surface area contributed by atoms with Crippen molar-refractivity contribution in [2.24, 2.45) is 5.73 Å². The normalized spacial score (nSPS) is 14.6. The van der Waals surface area contributed by atoms with Crippen molar-refractivity contribution in [1.82, 2.24) is 9.78 Å². The summed E-state index contributed by atoms with van der Waals surface area (Å²) in [5, 5.41) is 16.0. The number of halogens is 1. The van der Waals surface area contributed by atoms with Crippen molar-refractivity contribution in [3.63, 3.8) is 0 Å². The predicted molar refractivity (Wildman–Crippen MR) is 146 cm³/mol. The average molecular weight is 537 g/mol. The highest BCUT2D eigenvalue weighted by Crippen LogP contribution is 2.48. The SMILES string of the molecule is Cc1ccc(Oc2c(C3C(C#N)=C(N)Oc4c3c(=O)oc3ccccc43)c(C)nn2-c2cccc(Cl)c2)cc1. The molecule has 1 aliphatic heterocycles. The third kappa shape index (κ3) is 4.10. The molecule has 3 aromatic carbocycles. The molecule has 0 spiro atoms. The van der Waals surface area contributed by atoms with Crippen LogP contribution in [0.25, 0.3) is 16.7 Å². The maximum atomic E-state index is 13.5. The van der Waals surface area contributed by atoms with Crippen LogP contribution < -0.4 is 20.8 Å². The first kappa shape index (κ1) is 24.3. The molecule has 0 fully saturated rings. The van der Waals surface area contributed by atoms with Gasteiger partial charge in [0.05, 0.1) is 33.8 Å². The lowest BCUT2D eigenvalue weighted by Crippen LogP contribution is -2.26. The standard InChI is InChI=1S/C30H21ClN4O4/c1-16-10-12-20(13-11-16)37-29-24(17(2)34-35(29)19-7-5-6-18(31)14-19)25-22(15-32)28(33)39-27-21-8-3-4-9-23(21)38-30(36)26(25)27/h3-14,25H,33H2,1-2H3. The molecule has 39 heavy (non-hydrogen) atoms. The Bertz CT molecular complexity index is 1900. The van der Waals surface area contributed by atoms with E-state index in [4.69, 9.17) is 36.3 Å². The monoisotopic (exact) mass is 536 g/mol. The lowest BCUT2D eigenvalue weighted by molar-refractivity contribution is 0.385. The quantitative estimate of drug-likeness (QED) is 0.269. The lowest BCUT2D eigenvalue weighted by Gasteiger charge is -2.26. The van der Waals surface area contributed by atoms with Gasteiger partial charge in [-0.2, -0.15) is 10.4 Å². The number of hydrogen-bond donors (Lipinski definition) is 1. The van der Waals surface area contributed by atoms with Gasteiger partial charge in [0.25, 0.3) is 0 Å². The van der Waals surface area contributed by atoms with Gasteiger partial charge in [-0.15, -0.1) is 0 Å². The van der Waals surface area contributed by atoms with Gasteiger partial charge >= 0.3 is 5.63 Å². The first-order valence-electron chi connectivity index (χ1n) is 12.1. The van der Waals surface area contributed by atoms with E-state index in [1.165, 1.54) is 0 Å². The summed E-state index contributed by atoms with van der Waals surface area (Å²) >= 11 is 6.31. The van der Waals surface area contributed by atoms with Gasteiger partial charge in [0.15, 0.2) is 5.75 Å². The summed E-state index contributed by atoms with van der Waals surface area (Å²) in [5.41, 5.74) is 8.87. The zero-order valence-corrected chi connectivity index (χ0v) is 21.7. The number of nitrogens with two attached hydrogens (primary N) is 1. The minimum absolute atomic E-state index is 0.0487. The Hall–Kier alpha value is -5.00. The number of nitriles is 1. The number of fused-ring (bicyclic) bond motifs is 3. The molecule has 2 aromatic heterocycles. The number of aromatic nitrogens is 2. The second-order valence-corrected chi connectivity index (χ2v) is 9.60. The molecular weight excluding hydrogens is 516 g/mol. The van der Waals surface area contributed by atoms with Crippen LogP contribution in [-0.4, -0.2) is 9.78 Å². The van der Waals surface area contributed by atoms with Crippen molar-refractivity contribution < 1.29 is 13.9 Å². The van der Waals surface area contributed by atoms with Crippen molar-refractivity contribution >= 4 is 22.6 Å². The fourth-order valence-corrected chi connectivity index (χ4v) is 4.99. The maximum absolute atomic E-state index is 13.5. The molecule has 5 aromatic rings. The Labute approximate surface area is 228 Å². The van der Waals surface area contributed by atoms with E-state index in [1.807, 2.05) is 37.3 Å². The molecular formula is C30H21ClN4O4. The molecule has 0 bridgehead atoms. The molecule has 9 heteroatoms. The average Bonchev–Trinajstić information content (AvgIpc) is 3.24. The number of benzene rings is 3. The predicted octanol–water partition coefficient (Wildman–Crippen LogP) is 6.26. The van der Waals surface area contributed by atoms with E-state index >= 15 is 0 Å². The third-order valence-electron chi connectivity index (χ3n) is 6.61. The number of nitrogens with zero attached hydrogens (tertiary/aromatic N) is 3. The number of aryl methyl sites for hydroxylation is 2. The van der Waals surface area contributed by atoms with Crippen molar-refractivity contribution in [3.05, 3.63) is 122 Å². The number of para-hydroxylation sites is 1. The van der Waals surface area contributed by atoms with Gasteiger partial charge in [-0.05, 0) is 56.3 Å². The Morgan fingerprint density at radius 3 is 2.56 bits per heavy atom. The summed E-state index contributed by atoms with van der Waals surface area (Å²) in [5.74, 6) is -0.00244. The molecule has 6 rings (SSSR count). The van der Waals surface area contributed by atoms with E-state index in [9.17, 15) is 10.1 Å². The van der Waals surface area contributed by atoms with E-state index in [0.717, 1.165) is 5.56 Å². The molecule has 0 amide bonds. The molecule has 1 atom stereocenters. The Morgan fingerprint density at radius 1 is 1.05 bits per heavy atom. The first-order chi connectivity index (χ1) is 18.9. The summed E-state index contributed by atoms with van der Waals surface area (Å²) in [6, 6.07) is 23.8. The van der Waals surface area contributed by atoms with E-state index in [0.29, 0.717) is 44.6 Å². The van der Waals surface area contributed by atoms with E-state index in [2.05, 4.69) is 6.07 Å². The second-order valence-electron chi connectivity index (χ2n) is 9.16. The van der Waals surface area contributed by atoms with Gasteiger partial charge in [-0.3, -0.25) is 0 Å². The first-order valence-corrected chi connectivity index (χ1v) is 12.5. The van der Waals surface area contributed by atoms with Crippen LogP contribution in [0.2, 0.25) is 5.02 Å². The van der Waals surface area contributed by atoms with Gasteiger partial charge in [0, 0.05) is 5.02 Å². The summed E-state index contributed by atoms with van der Waals surface area (Å²) in [6.45, 7) is 3.76. The van der Waals surface area contributed by atoms with Gasteiger partial charge in [0.1, 0.15) is 23.0 Å². The maximum Gasteiger partial charge on any atom is 0.344 e. The smallest absolute Gasteiger partial charge is 0.344 e. The van der Waals surface area contributed by atoms with Gasteiger partial charge in [-0.25, -0.2) is 9.48 Å². The van der Waals surface area contributed by atoms with Crippen LogP contribution in [-0.2, 0) is 0 Å². The minimum atomic E-state index is -0.965. The summed E-state index contributed by atoms with van der Waals surface area (Å²) in [6.07, 6.45) is 0. The topological polar surface area (TPSA) is 116 Å². The summed E-state index contributed by atoms with van der Waals surface area (Å²) in [4.78, 5) is 13.5. The van der Waals surface area contributed by atoms with Gasteiger partial charge < -0.3 is 19.6 Å². The molecule has 0 saturated heterocycles. The molecule has 0 saturated carbocycles. The molecule has 8 nitrogen and oxygen atoms in total. The second kappa shape index (κ2) is 9.39. The van der Waals surface area contributed by atoms with Crippen molar-refractivity contribution in [2.75, 3.05) is 0 Å². The molecule has 0 radical (unpaired) electrons. The van der Waals surface area contributed by atoms with Crippen LogP contribution in [0.3, 0.4) is 0 Å². The molecule has 3 heterocycles. The molecule has 1 unspecified atom stereocenters. The Balaban J connectivity index is 1.67. The van der Waals surface area contributed by atoms with Crippen LogP contribution in [0.15, 0.2) is 93.5 Å². The summed E-state index contributed by atoms with van der Waals surface area (Å²) in [7, 11) is 0. The van der Waals surface area contributed by atoms with Crippen LogP contribution >= 0.6 is 11.6 Å². The fourth-order valence-electron chi connectivity index (χ4n) is 4.80. The Morgan fingerprint density at radius 2 is 1.82 bits per heavy atom. The third-order valence-corrected chi connectivity index (χ3v) is 6.85. The van der Waals surface area contributed by atoms with Crippen molar-refractivity contribution in [3.8, 4) is 29.1 Å². The highest BCUT2D eigenvalue weighted by atomic mass is 35.5. The Kier molecular flexibility index (Phi) is 5.86. The number of hydrogen-bond acceptors (Lipinski definition) is 7. The summed E-state index contributed by atoms with van der Waals surface area (Å²) < 4.78 is 19.6. The van der Waals surface area contributed by atoms with Crippen LogP contribution in [0, 0.1) is 25.2 Å². The minimum Gasteiger partial charge on any atom is -0.439 e. The van der Waals surface area contributed by atoms with E-state index in [1.54, 1.807) is 54.1 Å². The van der Waals surface area contributed by atoms with E-state index < -0.39 is 11.5 Å². The van der Waals surface area contributed by atoms with Crippen LogP contribution in [0.5, 0.6) is 17.4 Å². The number of ether oxygens (including phenoxy) is 2. The van der Waals surface area contributed by atoms with Crippen molar-refractivity contribution in [2.45, 2.75) is 19.8 Å². The molecule has 0 aliphatic carbocycles. The zero-order valence-electron chi connectivity index (χ0n) is 20.9. The highest BCUT2D eigenvalue weighted by molar-refractivity contribution is 6.30. The zero-order chi connectivity index (χ0) is 27.3. The molecule has 2 N–H and O–H groups in total. The molecule has 1 aliphatic rings. The largest absolute Gasteiger partial charge is 0.439 e. The number of rotatable bonds is 4. The fraction of sp³-hybridized carbons (Fsp3) is 0.100. The van der Waals surface area contributed by atoms with Gasteiger partial charge in [0.2, 0.25) is 11.8 Å². The number of allylic oxidation sites excluding steroid dienone is 1. The lowest BCUT2D eigenvalue weighted by atomic mass is 9.83. The van der Waals surface area contributed by atoms with E-state index in [-0.39, 0.29) is 22.8 Å². The van der Waals surface area contributed by atoms with Crippen molar-refractivity contribution in [1.29, 1.82) is 5.26 Å². The van der Waals surface area contributed by atoms with Crippen LogP contribution in [0.1, 0.15) is 28.3 Å². The highest BCUT2D eigenvalue weighted by Gasteiger charge is 2.40.